The van der Waals surface area contributed by atoms with E-state index >= 15 is 0 Å². The SMILES string of the molecule is CC/C=C\C/C=C\C/C=C\C/C=C\C/C=C\CCCC(=O)OC(COC(=O)CCCCCCC/C=C\CCCC)COC(=O)CCCCCCCCCCCCCCCCCCCCCCCC. The predicted octanol–water partition coefficient (Wildman–Crippen LogP) is 19.4. The number of rotatable bonds is 52. The average Bonchev–Trinajstić information content (AvgIpc) is 3.34. The quantitative estimate of drug-likeness (QED) is 0.0262. The highest BCUT2D eigenvalue weighted by molar-refractivity contribution is 5.71. The largest absolute Gasteiger partial charge is 0.462 e. The van der Waals surface area contributed by atoms with E-state index in [9.17, 15) is 14.4 Å². The topological polar surface area (TPSA) is 78.9 Å². The molecule has 0 bridgehead atoms. The van der Waals surface area contributed by atoms with Crippen molar-refractivity contribution in [3.8, 4) is 0 Å². The molecule has 0 fully saturated rings. The van der Waals surface area contributed by atoms with E-state index in [4.69, 9.17) is 14.2 Å². The molecule has 0 aromatic rings. The summed E-state index contributed by atoms with van der Waals surface area (Å²) in [6.45, 7) is 6.46. The summed E-state index contributed by atoms with van der Waals surface area (Å²) in [6, 6.07) is 0. The number of unbranched alkanes of at least 4 members (excludes halogenated alkanes) is 29. The molecule has 0 amide bonds. The summed E-state index contributed by atoms with van der Waals surface area (Å²) in [5.41, 5.74) is 0. The number of esters is 3. The molecular weight excluding hydrogens is 841 g/mol. The molecule has 0 aliphatic carbocycles. The molecule has 0 saturated heterocycles. The third-order valence-corrected chi connectivity index (χ3v) is 12.4. The number of carbonyl (C=O) groups excluding carboxylic acids is 3. The van der Waals surface area contributed by atoms with Gasteiger partial charge in [-0.1, -0.05) is 261 Å². The number of carbonyl (C=O) groups is 3. The van der Waals surface area contributed by atoms with E-state index in [0.717, 1.165) is 89.9 Å². The van der Waals surface area contributed by atoms with E-state index in [0.29, 0.717) is 19.3 Å². The van der Waals surface area contributed by atoms with Gasteiger partial charge < -0.3 is 14.2 Å². The second-order valence-electron chi connectivity index (χ2n) is 19.2. The molecule has 0 radical (unpaired) electrons. The van der Waals surface area contributed by atoms with Crippen LogP contribution in [0.2, 0.25) is 0 Å². The van der Waals surface area contributed by atoms with E-state index in [1.165, 1.54) is 148 Å². The molecule has 0 N–H and O–H groups in total. The fourth-order valence-electron chi connectivity index (χ4n) is 8.11. The first-order valence-electron chi connectivity index (χ1n) is 28.9. The second-order valence-corrected chi connectivity index (χ2v) is 19.2. The summed E-state index contributed by atoms with van der Waals surface area (Å²) in [4.78, 5) is 38.1. The Morgan fingerprint density at radius 1 is 0.309 bits per heavy atom. The third kappa shape index (κ3) is 53.8. The van der Waals surface area contributed by atoms with E-state index in [2.05, 4.69) is 93.7 Å². The van der Waals surface area contributed by atoms with Crippen molar-refractivity contribution in [3.63, 3.8) is 0 Å². The van der Waals surface area contributed by atoms with Crippen molar-refractivity contribution in [2.75, 3.05) is 13.2 Å². The maximum Gasteiger partial charge on any atom is 0.306 e. The molecular formula is C62H108O6. The third-order valence-electron chi connectivity index (χ3n) is 12.4. The highest BCUT2D eigenvalue weighted by Gasteiger charge is 2.19. The number of ether oxygens (including phenoxy) is 3. The molecule has 0 aromatic heterocycles. The van der Waals surface area contributed by atoms with Crippen LogP contribution < -0.4 is 0 Å². The minimum absolute atomic E-state index is 0.0984. The summed E-state index contributed by atoms with van der Waals surface area (Å²) < 4.78 is 16.8. The van der Waals surface area contributed by atoms with Gasteiger partial charge in [0.2, 0.25) is 0 Å². The normalized spacial score (nSPS) is 12.6. The lowest BCUT2D eigenvalue weighted by Gasteiger charge is -2.18. The molecule has 1 atom stereocenters. The zero-order chi connectivity index (χ0) is 49.3. The van der Waals surface area contributed by atoms with Gasteiger partial charge in [-0.2, -0.15) is 0 Å². The minimum Gasteiger partial charge on any atom is -0.462 e. The van der Waals surface area contributed by atoms with Gasteiger partial charge in [0.1, 0.15) is 13.2 Å². The maximum absolute atomic E-state index is 12.8. The van der Waals surface area contributed by atoms with Gasteiger partial charge in [0.15, 0.2) is 6.10 Å². The van der Waals surface area contributed by atoms with E-state index < -0.39 is 6.10 Å². The monoisotopic (exact) mass is 949 g/mol. The summed E-state index contributed by atoms with van der Waals surface area (Å²) in [5, 5.41) is 0. The Bertz CT molecular complexity index is 1270. The van der Waals surface area contributed by atoms with Gasteiger partial charge in [0.05, 0.1) is 0 Å². The van der Waals surface area contributed by atoms with Gasteiger partial charge in [-0.25, -0.2) is 0 Å². The molecule has 1 unspecified atom stereocenters. The van der Waals surface area contributed by atoms with E-state index in [1.54, 1.807) is 0 Å². The molecule has 0 heterocycles. The molecule has 0 aliphatic heterocycles. The lowest BCUT2D eigenvalue weighted by Crippen LogP contribution is -2.30. The van der Waals surface area contributed by atoms with Gasteiger partial charge in [-0.05, 0) is 77.0 Å². The van der Waals surface area contributed by atoms with Crippen LogP contribution in [0, 0.1) is 0 Å². The zero-order valence-corrected chi connectivity index (χ0v) is 44.9. The standard InChI is InChI=1S/C62H108O6/c1-4-7-10-13-16-19-22-24-26-28-29-30-31-32-34-35-37-40-43-46-49-52-55-61(64)67-58-59(57-66-60(63)54-51-48-45-42-39-21-18-15-12-9-6-3)68-62(65)56-53-50-47-44-41-38-36-33-27-25-23-20-17-14-11-8-5-2/h8,11,15,17-18,20,25,27,36,38,44,47,59H,4-7,9-10,12-14,16,19,21-24,26,28-35,37,39-43,45-46,48-58H2,1-3H3/b11-8-,18-15-,20-17-,27-25-,38-36-,47-44-. The van der Waals surface area contributed by atoms with E-state index in [-0.39, 0.29) is 37.5 Å². The Morgan fingerprint density at radius 2 is 0.603 bits per heavy atom. The Morgan fingerprint density at radius 3 is 1.00 bits per heavy atom. The maximum atomic E-state index is 12.8. The fourth-order valence-corrected chi connectivity index (χ4v) is 8.11. The number of hydrogen-bond acceptors (Lipinski definition) is 6. The predicted molar refractivity (Wildman–Crippen MR) is 293 cm³/mol. The average molecular weight is 950 g/mol. The van der Waals surface area contributed by atoms with Crippen LogP contribution in [0.15, 0.2) is 72.9 Å². The van der Waals surface area contributed by atoms with Crippen molar-refractivity contribution in [2.45, 2.75) is 290 Å². The molecule has 0 saturated carbocycles. The Labute approximate surface area is 421 Å². The van der Waals surface area contributed by atoms with Gasteiger partial charge in [-0.15, -0.1) is 0 Å². The first-order chi connectivity index (χ1) is 33.5. The van der Waals surface area contributed by atoms with Crippen molar-refractivity contribution in [1.29, 1.82) is 0 Å². The van der Waals surface area contributed by atoms with Crippen molar-refractivity contribution >= 4 is 17.9 Å². The first kappa shape index (κ1) is 64.8. The van der Waals surface area contributed by atoms with Crippen LogP contribution in [-0.4, -0.2) is 37.2 Å². The van der Waals surface area contributed by atoms with Crippen LogP contribution in [0.4, 0.5) is 0 Å². The number of allylic oxidation sites excluding steroid dienone is 12. The molecule has 0 spiro atoms. The highest BCUT2D eigenvalue weighted by atomic mass is 16.6. The molecule has 0 rings (SSSR count). The minimum atomic E-state index is -0.806. The van der Waals surface area contributed by atoms with Crippen LogP contribution in [-0.2, 0) is 28.6 Å². The highest BCUT2D eigenvalue weighted by Crippen LogP contribution is 2.16. The molecule has 6 nitrogen and oxygen atoms in total. The zero-order valence-electron chi connectivity index (χ0n) is 44.9. The smallest absolute Gasteiger partial charge is 0.306 e. The van der Waals surface area contributed by atoms with Crippen molar-refractivity contribution < 1.29 is 28.6 Å². The van der Waals surface area contributed by atoms with Crippen LogP contribution in [0.3, 0.4) is 0 Å². The molecule has 392 valence electrons. The summed E-state index contributed by atoms with van der Waals surface area (Å²) in [6.07, 6.45) is 72.0. The van der Waals surface area contributed by atoms with Gasteiger partial charge in [0.25, 0.3) is 0 Å². The summed E-state index contributed by atoms with van der Waals surface area (Å²) >= 11 is 0. The lowest BCUT2D eigenvalue weighted by atomic mass is 10.0. The molecule has 0 aliphatic rings. The molecule has 68 heavy (non-hydrogen) atoms. The number of hydrogen-bond donors (Lipinski definition) is 0. The Kier molecular flexibility index (Phi) is 53.8. The van der Waals surface area contributed by atoms with Crippen LogP contribution in [0.25, 0.3) is 0 Å². The summed E-state index contributed by atoms with van der Waals surface area (Å²) in [7, 11) is 0. The lowest BCUT2D eigenvalue weighted by molar-refractivity contribution is -0.167. The van der Waals surface area contributed by atoms with Crippen molar-refractivity contribution in [3.05, 3.63) is 72.9 Å². The second kappa shape index (κ2) is 56.4. The van der Waals surface area contributed by atoms with E-state index in [1.807, 2.05) is 0 Å². The van der Waals surface area contributed by atoms with Crippen molar-refractivity contribution in [2.24, 2.45) is 0 Å². The van der Waals surface area contributed by atoms with Crippen LogP contribution in [0.5, 0.6) is 0 Å². The van der Waals surface area contributed by atoms with Gasteiger partial charge in [-0.3, -0.25) is 14.4 Å². The fraction of sp³-hybridized carbons (Fsp3) is 0.758. The van der Waals surface area contributed by atoms with Crippen molar-refractivity contribution in [1.82, 2.24) is 0 Å². The van der Waals surface area contributed by atoms with Crippen LogP contribution in [0.1, 0.15) is 284 Å². The Balaban J connectivity index is 4.34. The summed E-state index contributed by atoms with van der Waals surface area (Å²) in [5.74, 6) is -0.959. The molecule has 0 aromatic carbocycles. The van der Waals surface area contributed by atoms with Crippen LogP contribution >= 0.6 is 0 Å². The first-order valence-corrected chi connectivity index (χ1v) is 28.9. The van der Waals surface area contributed by atoms with Gasteiger partial charge in [0, 0.05) is 19.3 Å². The Hall–Kier alpha value is -3.15. The molecule has 6 heteroatoms. The van der Waals surface area contributed by atoms with Gasteiger partial charge >= 0.3 is 17.9 Å².